The molecule has 158 valence electrons. The Morgan fingerprint density at radius 1 is 0.871 bits per heavy atom. The number of nitrogen functional groups attached to an aromatic ring is 1. The zero-order chi connectivity index (χ0) is 22.2. The topological polar surface area (TPSA) is 112 Å². The van der Waals surface area contributed by atoms with Crippen molar-refractivity contribution in [3.8, 4) is 17.2 Å². The van der Waals surface area contributed by atoms with Gasteiger partial charge in [-0.05, 0) is 48.0 Å². The summed E-state index contributed by atoms with van der Waals surface area (Å²) in [5, 5.41) is 3.94. The molecule has 0 fully saturated rings. The highest BCUT2D eigenvalue weighted by Crippen LogP contribution is 2.29. The number of hydrazone groups is 1. The number of anilines is 1. The fraction of sp³-hybridized carbons (Fsp3) is 0.0870. The summed E-state index contributed by atoms with van der Waals surface area (Å²) < 4.78 is 16.0. The van der Waals surface area contributed by atoms with Gasteiger partial charge in [0.2, 0.25) is 0 Å². The number of carbonyl (C=O) groups is 2. The smallest absolute Gasteiger partial charge is 0.347 e. The lowest BCUT2D eigenvalue weighted by Crippen LogP contribution is -2.19. The third kappa shape index (κ3) is 5.18. The summed E-state index contributed by atoms with van der Waals surface area (Å²) in [6, 6.07) is 18.3. The first kappa shape index (κ1) is 21.4. The molecule has 3 N–H and O–H groups in total. The van der Waals surface area contributed by atoms with E-state index in [1.54, 1.807) is 66.7 Å². The lowest BCUT2D eigenvalue weighted by atomic mass is 10.2. The molecule has 0 aromatic heterocycles. The Labute approximate surface area is 179 Å². The molecule has 3 aromatic rings. The fourth-order valence-corrected chi connectivity index (χ4v) is 2.75. The Bertz CT molecular complexity index is 1130. The van der Waals surface area contributed by atoms with Gasteiger partial charge in [0.1, 0.15) is 11.3 Å². The molecule has 0 aliphatic heterocycles. The largest absolute Gasteiger partial charge is 0.496 e. The van der Waals surface area contributed by atoms with Gasteiger partial charge in [-0.2, -0.15) is 5.10 Å². The van der Waals surface area contributed by atoms with Gasteiger partial charge in [0.25, 0.3) is 5.91 Å². The standard InChI is InChI=1S/C23H21N3O5/c1-29-19-10-6-4-8-17(19)23(28)31-20-12-11-15(13-21(20)30-2)14-25-26-22(27)16-7-3-5-9-18(16)24/h3-14H,24H2,1-2H3,(H,26,27)/b25-14+. The molecule has 0 saturated heterocycles. The molecule has 8 heteroatoms. The Hall–Kier alpha value is -4.33. The fourth-order valence-electron chi connectivity index (χ4n) is 2.75. The van der Waals surface area contributed by atoms with Crippen LogP contribution in [0.25, 0.3) is 0 Å². The van der Waals surface area contributed by atoms with Crippen molar-refractivity contribution < 1.29 is 23.8 Å². The number of esters is 1. The van der Waals surface area contributed by atoms with Gasteiger partial charge in [-0.3, -0.25) is 4.79 Å². The van der Waals surface area contributed by atoms with Crippen LogP contribution in [0.4, 0.5) is 5.69 Å². The van der Waals surface area contributed by atoms with Crippen molar-refractivity contribution in [1.82, 2.24) is 5.43 Å². The summed E-state index contributed by atoms with van der Waals surface area (Å²) in [7, 11) is 2.93. The van der Waals surface area contributed by atoms with Crippen LogP contribution in [0.5, 0.6) is 17.2 Å². The Kier molecular flexibility index (Phi) is 6.85. The molecular formula is C23H21N3O5. The molecule has 0 radical (unpaired) electrons. The first-order valence-corrected chi connectivity index (χ1v) is 9.24. The van der Waals surface area contributed by atoms with Crippen LogP contribution >= 0.6 is 0 Å². The number of carbonyl (C=O) groups excluding carboxylic acids is 2. The number of benzene rings is 3. The van der Waals surface area contributed by atoms with Crippen LogP contribution in [-0.2, 0) is 0 Å². The van der Waals surface area contributed by atoms with Crippen molar-refractivity contribution in [2.75, 3.05) is 20.0 Å². The lowest BCUT2D eigenvalue weighted by molar-refractivity contribution is 0.0726. The summed E-state index contributed by atoms with van der Waals surface area (Å²) in [5.74, 6) is -0.0407. The number of amides is 1. The quantitative estimate of drug-likeness (QED) is 0.200. The van der Waals surface area contributed by atoms with E-state index >= 15 is 0 Å². The normalized spacial score (nSPS) is 10.5. The molecule has 31 heavy (non-hydrogen) atoms. The number of nitrogens with two attached hydrogens (primary N) is 1. The molecule has 3 rings (SSSR count). The maximum absolute atomic E-state index is 12.5. The molecule has 0 spiro atoms. The zero-order valence-corrected chi connectivity index (χ0v) is 17.0. The monoisotopic (exact) mass is 419 g/mol. The van der Waals surface area contributed by atoms with Gasteiger partial charge < -0.3 is 19.9 Å². The molecule has 0 aliphatic rings. The highest BCUT2D eigenvalue weighted by atomic mass is 16.6. The maximum Gasteiger partial charge on any atom is 0.347 e. The van der Waals surface area contributed by atoms with Gasteiger partial charge in [-0.15, -0.1) is 0 Å². The van der Waals surface area contributed by atoms with Gasteiger partial charge in [-0.25, -0.2) is 10.2 Å². The molecular weight excluding hydrogens is 398 g/mol. The van der Waals surface area contributed by atoms with Crippen molar-refractivity contribution in [2.24, 2.45) is 5.10 Å². The average molecular weight is 419 g/mol. The van der Waals surface area contributed by atoms with Gasteiger partial charge in [0, 0.05) is 5.69 Å². The minimum absolute atomic E-state index is 0.233. The molecule has 8 nitrogen and oxygen atoms in total. The van der Waals surface area contributed by atoms with Crippen molar-refractivity contribution in [1.29, 1.82) is 0 Å². The molecule has 1 amide bonds. The SMILES string of the molecule is COc1cc(/C=N/NC(=O)c2ccccc2N)ccc1OC(=O)c1ccccc1OC. The van der Waals surface area contributed by atoms with E-state index in [1.165, 1.54) is 20.4 Å². The van der Waals surface area contributed by atoms with Crippen LogP contribution in [0, 0.1) is 0 Å². The van der Waals surface area contributed by atoms with E-state index in [4.69, 9.17) is 19.9 Å². The number of nitrogens with one attached hydrogen (secondary N) is 1. The van der Waals surface area contributed by atoms with E-state index in [9.17, 15) is 9.59 Å². The van der Waals surface area contributed by atoms with E-state index in [-0.39, 0.29) is 5.75 Å². The summed E-state index contributed by atoms with van der Waals surface area (Å²) in [6.07, 6.45) is 1.44. The highest BCUT2D eigenvalue weighted by molar-refractivity contribution is 5.99. The third-order valence-corrected chi connectivity index (χ3v) is 4.30. The van der Waals surface area contributed by atoms with E-state index in [2.05, 4.69) is 10.5 Å². The van der Waals surface area contributed by atoms with E-state index in [0.717, 1.165) is 0 Å². The molecule has 0 heterocycles. The second-order valence-electron chi connectivity index (χ2n) is 6.29. The number of nitrogens with zero attached hydrogens (tertiary/aromatic N) is 1. The van der Waals surface area contributed by atoms with Crippen LogP contribution in [0.1, 0.15) is 26.3 Å². The summed E-state index contributed by atoms with van der Waals surface area (Å²) >= 11 is 0. The van der Waals surface area contributed by atoms with E-state index < -0.39 is 11.9 Å². The number of rotatable bonds is 7. The highest BCUT2D eigenvalue weighted by Gasteiger charge is 2.16. The van der Waals surface area contributed by atoms with Crippen LogP contribution in [0.3, 0.4) is 0 Å². The van der Waals surface area contributed by atoms with Gasteiger partial charge >= 0.3 is 5.97 Å². The van der Waals surface area contributed by atoms with Gasteiger partial charge in [0.05, 0.1) is 26.0 Å². The number of hydrogen-bond acceptors (Lipinski definition) is 7. The van der Waals surface area contributed by atoms with Crippen molar-refractivity contribution >= 4 is 23.8 Å². The van der Waals surface area contributed by atoms with E-state index in [1.807, 2.05) is 0 Å². The number of methoxy groups -OCH3 is 2. The summed E-state index contributed by atoms with van der Waals surface area (Å²) in [5.41, 5.74) is 9.80. The Morgan fingerprint density at radius 2 is 1.55 bits per heavy atom. The molecule has 0 unspecified atom stereocenters. The van der Waals surface area contributed by atoms with Gasteiger partial charge in [0.15, 0.2) is 11.5 Å². The predicted molar refractivity (Wildman–Crippen MR) is 117 cm³/mol. The molecule has 0 saturated carbocycles. The van der Waals surface area contributed by atoms with Crippen LogP contribution < -0.4 is 25.4 Å². The lowest BCUT2D eigenvalue weighted by Gasteiger charge is -2.11. The predicted octanol–water partition coefficient (Wildman–Crippen LogP) is 3.27. The number of hydrogen-bond donors (Lipinski definition) is 2. The zero-order valence-electron chi connectivity index (χ0n) is 17.0. The number of para-hydroxylation sites is 2. The second-order valence-corrected chi connectivity index (χ2v) is 6.29. The number of ether oxygens (including phenoxy) is 3. The molecule has 0 bridgehead atoms. The minimum atomic E-state index is -0.579. The summed E-state index contributed by atoms with van der Waals surface area (Å²) in [4.78, 5) is 24.7. The van der Waals surface area contributed by atoms with Crippen molar-refractivity contribution in [3.63, 3.8) is 0 Å². The van der Waals surface area contributed by atoms with Crippen LogP contribution in [0.2, 0.25) is 0 Å². The third-order valence-electron chi connectivity index (χ3n) is 4.30. The minimum Gasteiger partial charge on any atom is -0.496 e. The van der Waals surface area contributed by atoms with Crippen molar-refractivity contribution in [3.05, 3.63) is 83.4 Å². The Balaban J connectivity index is 1.71. The Morgan fingerprint density at radius 3 is 2.26 bits per heavy atom. The first-order chi connectivity index (χ1) is 15.0. The van der Waals surface area contributed by atoms with E-state index in [0.29, 0.717) is 33.9 Å². The average Bonchev–Trinajstić information content (AvgIpc) is 2.80. The van der Waals surface area contributed by atoms with Gasteiger partial charge in [-0.1, -0.05) is 24.3 Å². The summed E-state index contributed by atoms with van der Waals surface area (Å²) in [6.45, 7) is 0. The molecule has 0 aliphatic carbocycles. The molecule has 3 aromatic carbocycles. The first-order valence-electron chi connectivity index (χ1n) is 9.24. The van der Waals surface area contributed by atoms with Crippen LogP contribution in [0.15, 0.2) is 71.8 Å². The van der Waals surface area contributed by atoms with Crippen LogP contribution in [-0.4, -0.2) is 32.3 Å². The van der Waals surface area contributed by atoms with Crippen molar-refractivity contribution in [2.45, 2.75) is 0 Å². The maximum atomic E-state index is 12.5. The second kappa shape index (κ2) is 9.93. The molecule has 0 atom stereocenters.